The van der Waals surface area contributed by atoms with Crippen molar-refractivity contribution in [1.29, 1.82) is 0 Å². The molecule has 9 heteroatoms. The van der Waals surface area contributed by atoms with E-state index in [2.05, 4.69) is 10.2 Å². The van der Waals surface area contributed by atoms with Gasteiger partial charge in [0, 0.05) is 6.42 Å². The minimum absolute atomic E-state index is 0.382. The summed E-state index contributed by atoms with van der Waals surface area (Å²) in [6, 6.07) is 13.2. The molecule has 2 aromatic carbocycles. The molecule has 0 unspecified atom stereocenters. The maximum Gasteiger partial charge on any atom is 0.318 e. The molecule has 3 rings (SSSR count). The standard InChI is InChI=1S/C17H18N6O2S/c1-10(15(24)20-16(18)25)26-17-22-21-14(23(17)19)9-12-7-4-6-11-5-2-3-8-13(11)12/h2-8,10H,9,19H2,1H3,(H3,18,20,24,25)/t10-/m0/s1. The molecule has 1 aromatic heterocycles. The van der Waals surface area contributed by atoms with Crippen molar-refractivity contribution in [2.75, 3.05) is 5.84 Å². The van der Waals surface area contributed by atoms with Gasteiger partial charge < -0.3 is 11.6 Å². The zero-order valence-corrected chi connectivity index (χ0v) is 14.9. The van der Waals surface area contributed by atoms with Crippen molar-refractivity contribution in [1.82, 2.24) is 20.2 Å². The van der Waals surface area contributed by atoms with Gasteiger partial charge in [0.2, 0.25) is 11.1 Å². The van der Waals surface area contributed by atoms with Gasteiger partial charge in [-0.1, -0.05) is 54.2 Å². The summed E-state index contributed by atoms with van der Waals surface area (Å²) in [5, 5.41) is 12.3. The van der Waals surface area contributed by atoms with E-state index < -0.39 is 17.2 Å². The number of carbonyl (C=O) groups is 2. The first-order valence-corrected chi connectivity index (χ1v) is 8.76. The topological polar surface area (TPSA) is 129 Å². The van der Waals surface area contributed by atoms with Crippen LogP contribution in [0, 0.1) is 0 Å². The number of thioether (sulfide) groups is 1. The van der Waals surface area contributed by atoms with Crippen LogP contribution in [0.5, 0.6) is 0 Å². The molecular weight excluding hydrogens is 352 g/mol. The van der Waals surface area contributed by atoms with Gasteiger partial charge >= 0.3 is 6.03 Å². The Balaban J connectivity index is 1.79. The third kappa shape index (κ3) is 3.77. The second-order valence-corrected chi connectivity index (χ2v) is 7.01. The molecule has 26 heavy (non-hydrogen) atoms. The van der Waals surface area contributed by atoms with Crippen LogP contribution in [0.15, 0.2) is 47.6 Å². The number of nitrogens with zero attached hydrogens (tertiary/aromatic N) is 3. The number of nitrogens with one attached hydrogen (secondary N) is 1. The lowest BCUT2D eigenvalue weighted by Crippen LogP contribution is -2.39. The molecule has 0 bridgehead atoms. The van der Waals surface area contributed by atoms with Crippen molar-refractivity contribution >= 4 is 34.5 Å². The number of aromatic nitrogens is 3. The summed E-state index contributed by atoms with van der Waals surface area (Å²) < 4.78 is 1.36. The summed E-state index contributed by atoms with van der Waals surface area (Å²) in [4.78, 5) is 22.6. The molecule has 1 atom stereocenters. The predicted octanol–water partition coefficient (Wildman–Crippen LogP) is 1.41. The molecular formula is C17H18N6O2S. The molecule has 0 saturated carbocycles. The van der Waals surface area contributed by atoms with Gasteiger partial charge in [-0.3, -0.25) is 10.1 Å². The van der Waals surface area contributed by atoms with E-state index >= 15 is 0 Å². The molecule has 5 N–H and O–H groups in total. The van der Waals surface area contributed by atoms with Crippen LogP contribution < -0.4 is 16.9 Å². The number of amides is 3. The van der Waals surface area contributed by atoms with E-state index in [0.717, 1.165) is 28.1 Å². The number of urea groups is 1. The highest BCUT2D eigenvalue weighted by Gasteiger charge is 2.20. The van der Waals surface area contributed by atoms with Gasteiger partial charge in [-0.2, -0.15) is 0 Å². The fourth-order valence-electron chi connectivity index (χ4n) is 2.56. The minimum atomic E-state index is -0.895. The Hall–Kier alpha value is -3.07. The molecule has 0 aliphatic carbocycles. The van der Waals surface area contributed by atoms with E-state index in [9.17, 15) is 9.59 Å². The highest BCUT2D eigenvalue weighted by molar-refractivity contribution is 8.00. The number of rotatable bonds is 5. The summed E-state index contributed by atoms with van der Waals surface area (Å²) in [5.41, 5.74) is 6.03. The number of hydrogen-bond acceptors (Lipinski definition) is 6. The first-order chi connectivity index (χ1) is 12.5. The maximum atomic E-state index is 11.8. The van der Waals surface area contributed by atoms with E-state index in [1.54, 1.807) is 6.92 Å². The smallest absolute Gasteiger partial charge is 0.318 e. The largest absolute Gasteiger partial charge is 0.351 e. The molecule has 0 saturated heterocycles. The number of fused-ring (bicyclic) bond motifs is 1. The Labute approximate surface area is 153 Å². The van der Waals surface area contributed by atoms with Gasteiger partial charge in [0.05, 0.1) is 5.25 Å². The molecule has 0 aliphatic rings. The third-order valence-corrected chi connectivity index (χ3v) is 4.92. The number of carbonyl (C=O) groups excluding carboxylic acids is 2. The number of nitrogens with two attached hydrogens (primary N) is 2. The highest BCUT2D eigenvalue weighted by atomic mass is 32.2. The Kier molecular flexibility index (Phi) is 5.08. The monoisotopic (exact) mass is 370 g/mol. The molecule has 0 aliphatic heterocycles. The normalized spacial score (nSPS) is 12.0. The molecule has 3 aromatic rings. The predicted molar refractivity (Wildman–Crippen MR) is 100.0 cm³/mol. The maximum absolute atomic E-state index is 11.8. The minimum Gasteiger partial charge on any atom is -0.351 e. The second kappa shape index (κ2) is 7.44. The number of nitrogen functional groups attached to an aromatic ring is 1. The second-order valence-electron chi connectivity index (χ2n) is 5.70. The molecule has 0 radical (unpaired) electrons. The molecule has 0 spiro atoms. The molecule has 0 fully saturated rings. The highest BCUT2D eigenvalue weighted by Crippen LogP contribution is 2.24. The number of imide groups is 1. The Morgan fingerprint density at radius 3 is 2.69 bits per heavy atom. The van der Waals surface area contributed by atoms with Crippen molar-refractivity contribution in [2.24, 2.45) is 5.73 Å². The summed E-state index contributed by atoms with van der Waals surface area (Å²) in [6.45, 7) is 1.63. The molecule has 134 valence electrons. The van der Waals surface area contributed by atoms with Crippen molar-refractivity contribution in [3.05, 3.63) is 53.9 Å². The van der Waals surface area contributed by atoms with Crippen molar-refractivity contribution in [3.8, 4) is 0 Å². The van der Waals surface area contributed by atoms with Crippen LogP contribution in [-0.2, 0) is 11.2 Å². The average molecular weight is 370 g/mol. The lowest BCUT2D eigenvalue weighted by Gasteiger charge is -2.10. The van der Waals surface area contributed by atoms with Crippen LogP contribution in [-0.4, -0.2) is 32.1 Å². The Bertz CT molecular complexity index is 966. The van der Waals surface area contributed by atoms with Gasteiger partial charge in [-0.15, -0.1) is 10.2 Å². The van der Waals surface area contributed by atoms with Gasteiger partial charge in [-0.25, -0.2) is 9.47 Å². The van der Waals surface area contributed by atoms with Crippen LogP contribution in [0.4, 0.5) is 4.79 Å². The van der Waals surface area contributed by atoms with E-state index in [-0.39, 0.29) is 0 Å². The fraction of sp³-hybridized carbons (Fsp3) is 0.176. The zero-order chi connectivity index (χ0) is 18.7. The summed E-state index contributed by atoms with van der Waals surface area (Å²) in [7, 11) is 0. The van der Waals surface area contributed by atoms with Crippen LogP contribution in [0.1, 0.15) is 18.3 Å². The number of hydrogen-bond donors (Lipinski definition) is 3. The zero-order valence-electron chi connectivity index (χ0n) is 14.0. The molecule has 8 nitrogen and oxygen atoms in total. The van der Waals surface area contributed by atoms with Crippen molar-refractivity contribution in [3.63, 3.8) is 0 Å². The fourth-order valence-corrected chi connectivity index (χ4v) is 3.35. The van der Waals surface area contributed by atoms with Gasteiger partial charge in [0.25, 0.3) is 0 Å². The molecule has 1 heterocycles. The Morgan fingerprint density at radius 1 is 1.19 bits per heavy atom. The van der Waals surface area contributed by atoms with E-state index in [1.807, 2.05) is 47.8 Å². The number of primary amides is 1. The van der Waals surface area contributed by atoms with E-state index in [4.69, 9.17) is 11.6 Å². The van der Waals surface area contributed by atoms with E-state index in [0.29, 0.717) is 17.4 Å². The molecule has 3 amide bonds. The Morgan fingerprint density at radius 2 is 1.92 bits per heavy atom. The van der Waals surface area contributed by atoms with Crippen molar-refractivity contribution in [2.45, 2.75) is 23.8 Å². The van der Waals surface area contributed by atoms with E-state index in [1.165, 1.54) is 4.68 Å². The average Bonchev–Trinajstić information content (AvgIpc) is 2.95. The summed E-state index contributed by atoms with van der Waals surface area (Å²) in [5.74, 6) is 6.15. The SMILES string of the molecule is C[C@H](Sc1nnc(Cc2cccc3ccccc23)n1N)C(=O)NC(N)=O. The number of benzene rings is 2. The lowest BCUT2D eigenvalue weighted by atomic mass is 10.0. The van der Waals surface area contributed by atoms with Gasteiger partial charge in [-0.05, 0) is 23.3 Å². The van der Waals surface area contributed by atoms with Crippen molar-refractivity contribution < 1.29 is 9.59 Å². The van der Waals surface area contributed by atoms with Crippen LogP contribution >= 0.6 is 11.8 Å². The van der Waals surface area contributed by atoms with Crippen LogP contribution in [0.25, 0.3) is 10.8 Å². The summed E-state index contributed by atoms with van der Waals surface area (Å²) in [6.07, 6.45) is 0.507. The van der Waals surface area contributed by atoms with Gasteiger partial charge in [0.1, 0.15) is 0 Å². The van der Waals surface area contributed by atoms with Crippen LogP contribution in [0.2, 0.25) is 0 Å². The first kappa shape index (κ1) is 17.7. The van der Waals surface area contributed by atoms with Gasteiger partial charge in [0.15, 0.2) is 5.82 Å². The first-order valence-electron chi connectivity index (χ1n) is 7.88. The third-order valence-electron chi connectivity index (χ3n) is 3.86. The van der Waals surface area contributed by atoms with Crippen LogP contribution in [0.3, 0.4) is 0 Å². The quantitative estimate of drug-likeness (QED) is 0.460. The summed E-state index contributed by atoms with van der Waals surface area (Å²) >= 11 is 1.10. The lowest BCUT2D eigenvalue weighted by molar-refractivity contribution is -0.119.